The number of H-pyrrole nitrogens is 1. The van der Waals surface area contributed by atoms with E-state index >= 15 is 0 Å². The Hall–Kier alpha value is -5.78. The number of aromatic nitrogens is 2. The van der Waals surface area contributed by atoms with E-state index in [1.54, 1.807) is 24.3 Å². The maximum atomic E-state index is 13.9. The van der Waals surface area contributed by atoms with Gasteiger partial charge in [0.1, 0.15) is 24.7 Å². The lowest BCUT2D eigenvalue weighted by atomic mass is 10.1. The van der Waals surface area contributed by atoms with Gasteiger partial charge in [0.2, 0.25) is 0 Å². The molecule has 0 unspecified atom stereocenters. The Morgan fingerprint density at radius 2 is 1.36 bits per heavy atom. The second-order valence-electron chi connectivity index (χ2n) is 11.6. The van der Waals surface area contributed by atoms with E-state index in [1.165, 1.54) is 12.5 Å². The SMILES string of the molecule is N[C@@H](Cc1cnc[nH]1)C(=O)N(C(=O)CN(CCCOc1ccccc1)Cc1ccc(OCc2ccccc2)cc1)C(=O)OCc1ccccc1. The molecular weight excluding hydrogens is 634 g/mol. The third kappa shape index (κ3) is 11.1. The van der Waals surface area contributed by atoms with Gasteiger partial charge in [-0.25, -0.2) is 9.78 Å². The van der Waals surface area contributed by atoms with Crippen LogP contribution in [0.3, 0.4) is 0 Å². The van der Waals surface area contributed by atoms with E-state index in [-0.39, 0.29) is 19.6 Å². The predicted molar refractivity (Wildman–Crippen MR) is 188 cm³/mol. The molecule has 5 rings (SSSR count). The van der Waals surface area contributed by atoms with Crippen LogP contribution in [0.4, 0.5) is 4.79 Å². The number of ether oxygens (including phenoxy) is 3. The van der Waals surface area contributed by atoms with Gasteiger partial charge >= 0.3 is 6.09 Å². The number of aromatic amines is 1. The maximum absolute atomic E-state index is 13.9. The minimum atomic E-state index is -1.19. The van der Waals surface area contributed by atoms with Crippen LogP contribution in [0.15, 0.2) is 128 Å². The van der Waals surface area contributed by atoms with E-state index in [9.17, 15) is 14.4 Å². The van der Waals surface area contributed by atoms with E-state index in [4.69, 9.17) is 19.9 Å². The molecule has 0 aliphatic carbocycles. The first-order chi connectivity index (χ1) is 24.4. The van der Waals surface area contributed by atoms with Crippen molar-refractivity contribution in [3.05, 3.63) is 150 Å². The van der Waals surface area contributed by atoms with Crippen LogP contribution in [0.1, 0.15) is 28.8 Å². The van der Waals surface area contributed by atoms with E-state index in [0.29, 0.717) is 54.6 Å². The molecule has 0 bridgehead atoms. The first-order valence-electron chi connectivity index (χ1n) is 16.4. The van der Waals surface area contributed by atoms with Crippen LogP contribution in [-0.4, -0.2) is 63.4 Å². The smallest absolute Gasteiger partial charge is 0.423 e. The Morgan fingerprint density at radius 1 is 0.740 bits per heavy atom. The van der Waals surface area contributed by atoms with Gasteiger partial charge < -0.3 is 24.9 Å². The lowest BCUT2D eigenvalue weighted by Crippen LogP contribution is -2.53. The Kier molecular flexibility index (Phi) is 13.3. The van der Waals surface area contributed by atoms with Crippen molar-refractivity contribution in [2.75, 3.05) is 19.7 Å². The zero-order valence-corrected chi connectivity index (χ0v) is 27.7. The van der Waals surface area contributed by atoms with Gasteiger partial charge in [-0.05, 0) is 47.4 Å². The van der Waals surface area contributed by atoms with E-state index in [0.717, 1.165) is 16.9 Å². The number of hydrogen-bond acceptors (Lipinski definition) is 9. The number of hydrogen-bond donors (Lipinski definition) is 2. The lowest BCUT2D eigenvalue weighted by Gasteiger charge is -2.26. The first kappa shape index (κ1) is 35.5. The van der Waals surface area contributed by atoms with E-state index < -0.39 is 23.9 Å². The van der Waals surface area contributed by atoms with Crippen LogP contribution in [-0.2, 0) is 40.5 Å². The summed E-state index contributed by atoms with van der Waals surface area (Å²) in [7, 11) is 0. The molecule has 1 atom stereocenters. The molecule has 0 aliphatic heterocycles. The average molecular weight is 676 g/mol. The number of rotatable bonds is 17. The monoisotopic (exact) mass is 675 g/mol. The molecule has 0 saturated carbocycles. The number of imidazole rings is 1. The molecule has 0 aliphatic rings. The Bertz CT molecular complexity index is 1750. The van der Waals surface area contributed by atoms with Crippen molar-refractivity contribution in [3.63, 3.8) is 0 Å². The zero-order chi connectivity index (χ0) is 35.0. The summed E-state index contributed by atoms with van der Waals surface area (Å²) in [5.41, 5.74) is 9.50. The van der Waals surface area contributed by atoms with Gasteiger partial charge in [0.05, 0.1) is 25.5 Å². The van der Waals surface area contributed by atoms with Gasteiger partial charge in [0.25, 0.3) is 11.8 Å². The summed E-state index contributed by atoms with van der Waals surface area (Å²) in [6, 6.07) is 34.8. The quantitative estimate of drug-likeness (QED) is 0.122. The summed E-state index contributed by atoms with van der Waals surface area (Å²) in [5.74, 6) is -0.166. The molecule has 0 fully saturated rings. The zero-order valence-electron chi connectivity index (χ0n) is 27.7. The fourth-order valence-electron chi connectivity index (χ4n) is 5.15. The van der Waals surface area contributed by atoms with Crippen molar-refractivity contribution in [1.29, 1.82) is 0 Å². The molecule has 11 nitrogen and oxygen atoms in total. The Morgan fingerprint density at radius 3 is 2.00 bits per heavy atom. The number of nitrogens with one attached hydrogen (secondary N) is 1. The van der Waals surface area contributed by atoms with Gasteiger partial charge in [-0.1, -0.05) is 91.0 Å². The van der Waals surface area contributed by atoms with Gasteiger partial charge in [0.15, 0.2) is 0 Å². The normalized spacial score (nSPS) is 11.5. The number of nitrogens with zero attached hydrogens (tertiary/aromatic N) is 3. The lowest BCUT2D eigenvalue weighted by molar-refractivity contribution is -0.144. The minimum Gasteiger partial charge on any atom is -0.494 e. The van der Waals surface area contributed by atoms with Crippen molar-refractivity contribution in [2.24, 2.45) is 5.73 Å². The topological polar surface area (TPSA) is 140 Å². The highest BCUT2D eigenvalue weighted by Gasteiger charge is 2.34. The maximum Gasteiger partial charge on any atom is 0.423 e. The molecule has 3 N–H and O–H groups in total. The van der Waals surface area contributed by atoms with Crippen molar-refractivity contribution in [2.45, 2.75) is 38.6 Å². The van der Waals surface area contributed by atoms with Crippen molar-refractivity contribution < 1.29 is 28.6 Å². The average Bonchev–Trinajstić information content (AvgIpc) is 3.66. The van der Waals surface area contributed by atoms with Gasteiger partial charge in [-0.15, -0.1) is 0 Å². The first-order valence-corrected chi connectivity index (χ1v) is 16.4. The molecule has 0 saturated heterocycles. The molecular formula is C39H41N5O6. The van der Waals surface area contributed by atoms with E-state index in [1.807, 2.05) is 95.9 Å². The Balaban J connectivity index is 1.28. The Labute approximate surface area is 291 Å². The number of carbonyl (C=O) groups is 3. The summed E-state index contributed by atoms with van der Waals surface area (Å²) in [5, 5.41) is 0. The number of nitrogens with two attached hydrogens (primary N) is 1. The number of para-hydroxylation sites is 1. The molecule has 5 aromatic rings. The highest BCUT2D eigenvalue weighted by Crippen LogP contribution is 2.17. The van der Waals surface area contributed by atoms with Gasteiger partial charge in [-0.3, -0.25) is 14.5 Å². The van der Waals surface area contributed by atoms with Crippen LogP contribution >= 0.6 is 0 Å². The fourth-order valence-corrected chi connectivity index (χ4v) is 5.15. The molecule has 258 valence electrons. The third-order valence-corrected chi connectivity index (χ3v) is 7.74. The summed E-state index contributed by atoms with van der Waals surface area (Å²) < 4.78 is 17.3. The third-order valence-electron chi connectivity index (χ3n) is 7.74. The van der Waals surface area contributed by atoms with Crippen LogP contribution < -0.4 is 15.2 Å². The second-order valence-corrected chi connectivity index (χ2v) is 11.6. The van der Waals surface area contributed by atoms with Crippen LogP contribution in [0.2, 0.25) is 0 Å². The molecule has 1 heterocycles. The van der Waals surface area contributed by atoms with Crippen LogP contribution in [0.5, 0.6) is 11.5 Å². The highest BCUT2D eigenvalue weighted by molar-refractivity contribution is 6.10. The standard InChI is InChI=1S/C39H41N5O6/c40-36(23-33-24-41-29-42-33)38(46)44(39(47)50-28-32-13-6-2-7-14-32)37(45)26-43(21-10-22-48-34-15-8-3-9-16-34)25-30-17-19-35(20-18-30)49-27-31-11-4-1-5-12-31/h1-9,11-20,24,29,36H,10,21-23,25-28,40H2,(H,41,42)/t36-/m0/s1. The molecule has 11 heteroatoms. The second kappa shape index (κ2) is 18.7. The predicted octanol–water partition coefficient (Wildman–Crippen LogP) is 5.52. The van der Waals surface area contributed by atoms with Crippen molar-refractivity contribution >= 4 is 17.9 Å². The number of benzene rings is 4. The van der Waals surface area contributed by atoms with E-state index in [2.05, 4.69) is 9.97 Å². The van der Waals surface area contributed by atoms with Gasteiger partial charge in [-0.2, -0.15) is 4.90 Å². The molecule has 50 heavy (non-hydrogen) atoms. The largest absolute Gasteiger partial charge is 0.494 e. The molecule has 3 amide bonds. The van der Waals surface area contributed by atoms with Crippen LogP contribution in [0.25, 0.3) is 0 Å². The highest BCUT2D eigenvalue weighted by atomic mass is 16.6. The summed E-state index contributed by atoms with van der Waals surface area (Å²) in [6.07, 6.45) is 2.53. The molecule has 4 aromatic carbocycles. The van der Waals surface area contributed by atoms with Crippen molar-refractivity contribution in [1.82, 2.24) is 19.8 Å². The molecule has 1 aromatic heterocycles. The number of imide groups is 3. The fraction of sp³-hybridized carbons (Fsp3) is 0.231. The number of amides is 3. The molecule has 0 radical (unpaired) electrons. The van der Waals surface area contributed by atoms with Crippen LogP contribution in [0, 0.1) is 0 Å². The van der Waals surface area contributed by atoms with Crippen molar-refractivity contribution in [3.8, 4) is 11.5 Å². The summed E-state index contributed by atoms with van der Waals surface area (Å²) in [4.78, 5) is 50.2. The summed E-state index contributed by atoms with van der Waals surface area (Å²) >= 11 is 0. The summed E-state index contributed by atoms with van der Waals surface area (Å²) in [6.45, 7) is 1.27. The minimum absolute atomic E-state index is 0.0494. The number of carbonyl (C=O) groups excluding carboxylic acids is 3. The molecule has 0 spiro atoms. The van der Waals surface area contributed by atoms with Gasteiger partial charge in [0, 0.05) is 31.4 Å².